The average molecular weight is 347 g/mol. The van der Waals surface area contributed by atoms with Gasteiger partial charge < -0.3 is 19.3 Å². The molecule has 2 aromatic rings. The zero-order valence-electron chi connectivity index (χ0n) is 14.5. The second kappa shape index (κ2) is 8.84. The zero-order chi connectivity index (χ0) is 17.5. The summed E-state index contributed by atoms with van der Waals surface area (Å²) in [5, 5.41) is 14.5. The Hall–Kier alpha value is -2.09. The molecule has 2 atom stereocenters. The van der Waals surface area contributed by atoms with Crippen molar-refractivity contribution in [3.63, 3.8) is 0 Å². The van der Waals surface area contributed by atoms with Crippen LogP contribution in [-0.4, -0.2) is 72.0 Å². The van der Waals surface area contributed by atoms with Crippen molar-refractivity contribution < 1.29 is 19.3 Å². The first kappa shape index (κ1) is 17.7. The molecular formula is C18H25N3O4. The van der Waals surface area contributed by atoms with Crippen molar-refractivity contribution in [1.82, 2.24) is 14.7 Å². The van der Waals surface area contributed by atoms with Crippen LogP contribution < -0.4 is 9.47 Å². The van der Waals surface area contributed by atoms with Gasteiger partial charge >= 0.3 is 0 Å². The zero-order valence-corrected chi connectivity index (χ0v) is 14.5. The van der Waals surface area contributed by atoms with Crippen molar-refractivity contribution >= 4 is 0 Å². The van der Waals surface area contributed by atoms with Crippen LogP contribution in [0.3, 0.4) is 0 Å². The van der Waals surface area contributed by atoms with Crippen LogP contribution in [0.25, 0.3) is 0 Å². The van der Waals surface area contributed by atoms with Gasteiger partial charge in [-0.1, -0.05) is 0 Å². The summed E-state index contributed by atoms with van der Waals surface area (Å²) >= 11 is 0. The first-order chi connectivity index (χ1) is 12.2. The summed E-state index contributed by atoms with van der Waals surface area (Å²) in [7, 11) is 1.63. The summed E-state index contributed by atoms with van der Waals surface area (Å²) in [4.78, 5) is 2.21. The van der Waals surface area contributed by atoms with Crippen molar-refractivity contribution in [1.29, 1.82) is 0 Å². The predicted octanol–water partition coefficient (Wildman–Crippen LogP) is 1.03. The van der Waals surface area contributed by atoms with E-state index in [4.69, 9.17) is 14.2 Å². The maximum atomic E-state index is 10.3. The van der Waals surface area contributed by atoms with Crippen molar-refractivity contribution in [3.05, 3.63) is 42.7 Å². The summed E-state index contributed by atoms with van der Waals surface area (Å²) in [6, 6.07) is 9.24. The van der Waals surface area contributed by atoms with E-state index in [0.29, 0.717) is 13.2 Å². The summed E-state index contributed by atoms with van der Waals surface area (Å²) < 4.78 is 18.4. The van der Waals surface area contributed by atoms with Crippen molar-refractivity contribution in [2.45, 2.75) is 18.8 Å². The smallest absolute Gasteiger partial charge is 0.119 e. The van der Waals surface area contributed by atoms with Gasteiger partial charge in [0.15, 0.2) is 0 Å². The Morgan fingerprint density at radius 3 is 2.84 bits per heavy atom. The molecule has 0 saturated carbocycles. The standard InChI is InChI=1S/C18H25N3O4/c1-23-16-3-5-17(6-4-16)25-14-15(22)11-20-9-10-24-18(12-20)13-21-8-2-7-19-21/h2-8,15,18,22H,9-14H2,1H3/t15-,18-/m1/s1. The van der Waals surface area contributed by atoms with Gasteiger partial charge in [-0.3, -0.25) is 9.58 Å². The molecule has 136 valence electrons. The van der Waals surface area contributed by atoms with Crippen LogP contribution >= 0.6 is 0 Å². The fourth-order valence-electron chi connectivity index (χ4n) is 2.89. The number of benzene rings is 1. The third-order valence-electron chi connectivity index (χ3n) is 4.14. The van der Waals surface area contributed by atoms with E-state index in [9.17, 15) is 5.11 Å². The van der Waals surface area contributed by atoms with Gasteiger partial charge in [-0.15, -0.1) is 0 Å². The van der Waals surface area contributed by atoms with Crippen molar-refractivity contribution in [2.75, 3.05) is 40.0 Å². The van der Waals surface area contributed by atoms with E-state index in [1.54, 1.807) is 13.3 Å². The van der Waals surface area contributed by atoms with Gasteiger partial charge in [-0.2, -0.15) is 5.10 Å². The van der Waals surface area contributed by atoms with Gasteiger partial charge in [-0.25, -0.2) is 0 Å². The Labute approximate surface area is 147 Å². The molecular weight excluding hydrogens is 322 g/mol. The lowest BCUT2D eigenvalue weighted by molar-refractivity contribution is -0.0517. The lowest BCUT2D eigenvalue weighted by Gasteiger charge is -2.33. The van der Waals surface area contributed by atoms with E-state index in [-0.39, 0.29) is 12.7 Å². The highest BCUT2D eigenvalue weighted by Gasteiger charge is 2.23. The number of aliphatic hydroxyl groups is 1. The van der Waals surface area contributed by atoms with Gasteiger partial charge in [-0.05, 0) is 30.3 Å². The lowest BCUT2D eigenvalue weighted by atomic mass is 10.2. The molecule has 1 aromatic heterocycles. The molecule has 0 bridgehead atoms. The molecule has 1 N–H and O–H groups in total. The normalized spacial score (nSPS) is 19.5. The highest BCUT2D eigenvalue weighted by molar-refractivity contribution is 5.31. The number of β-amino-alcohol motifs (C(OH)–C–C–N with tert-alkyl or cyclic N) is 1. The number of ether oxygens (including phenoxy) is 3. The SMILES string of the molecule is COc1ccc(OC[C@H](O)CN2CCO[C@@H](Cn3cccn3)C2)cc1. The highest BCUT2D eigenvalue weighted by Crippen LogP contribution is 2.17. The maximum absolute atomic E-state index is 10.3. The Morgan fingerprint density at radius 1 is 1.32 bits per heavy atom. The molecule has 1 aromatic carbocycles. The van der Waals surface area contributed by atoms with Crippen LogP contribution in [-0.2, 0) is 11.3 Å². The second-order valence-electron chi connectivity index (χ2n) is 6.12. The summed E-state index contributed by atoms with van der Waals surface area (Å²) in [5.74, 6) is 1.50. The highest BCUT2D eigenvalue weighted by atomic mass is 16.5. The van der Waals surface area contributed by atoms with Gasteiger partial charge in [0, 0.05) is 32.0 Å². The molecule has 1 aliphatic rings. The Morgan fingerprint density at radius 2 is 2.12 bits per heavy atom. The van der Waals surface area contributed by atoms with E-state index < -0.39 is 6.10 Å². The van der Waals surface area contributed by atoms with Crippen LogP contribution in [0.5, 0.6) is 11.5 Å². The number of aromatic nitrogens is 2. The third-order valence-corrected chi connectivity index (χ3v) is 4.14. The van der Waals surface area contributed by atoms with Crippen LogP contribution in [0.4, 0.5) is 0 Å². The number of nitrogens with zero attached hydrogens (tertiary/aromatic N) is 3. The predicted molar refractivity (Wildman–Crippen MR) is 92.9 cm³/mol. The number of hydrogen-bond donors (Lipinski definition) is 1. The van der Waals surface area contributed by atoms with E-state index >= 15 is 0 Å². The quantitative estimate of drug-likeness (QED) is 0.769. The molecule has 1 saturated heterocycles. The lowest BCUT2D eigenvalue weighted by Crippen LogP contribution is -2.47. The molecule has 0 amide bonds. The minimum atomic E-state index is -0.550. The first-order valence-corrected chi connectivity index (χ1v) is 8.49. The van der Waals surface area contributed by atoms with Gasteiger partial charge in [0.2, 0.25) is 0 Å². The molecule has 1 fully saturated rings. The Kier molecular flexibility index (Phi) is 6.27. The largest absolute Gasteiger partial charge is 0.497 e. The number of morpholine rings is 1. The molecule has 0 unspecified atom stereocenters. The van der Waals surface area contributed by atoms with Crippen LogP contribution in [0.2, 0.25) is 0 Å². The minimum absolute atomic E-state index is 0.0864. The molecule has 0 spiro atoms. The fraction of sp³-hybridized carbons (Fsp3) is 0.500. The van der Waals surface area contributed by atoms with Gasteiger partial charge in [0.05, 0.1) is 26.4 Å². The molecule has 7 nitrogen and oxygen atoms in total. The van der Waals surface area contributed by atoms with Crippen molar-refractivity contribution in [3.8, 4) is 11.5 Å². The molecule has 25 heavy (non-hydrogen) atoms. The number of aliphatic hydroxyl groups excluding tert-OH is 1. The number of hydrogen-bond acceptors (Lipinski definition) is 6. The van der Waals surface area contributed by atoms with Crippen LogP contribution in [0, 0.1) is 0 Å². The molecule has 3 rings (SSSR count). The van der Waals surface area contributed by atoms with Crippen LogP contribution in [0.1, 0.15) is 0 Å². The average Bonchev–Trinajstić information content (AvgIpc) is 3.14. The Bertz CT molecular complexity index is 618. The molecule has 7 heteroatoms. The van der Waals surface area contributed by atoms with Gasteiger partial charge in [0.1, 0.15) is 24.2 Å². The minimum Gasteiger partial charge on any atom is -0.497 e. The molecule has 0 radical (unpaired) electrons. The number of rotatable bonds is 8. The van der Waals surface area contributed by atoms with E-state index in [1.165, 1.54) is 0 Å². The number of methoxy groups -OCH3 is 1. The monoisotopic (exact) mass is 347 g/mol. The van der Waals surface area contributed by atoms with Gasteiger partial charge in [0.25, 0.3) is 0 Å². The second-order valence-corrected chi connectivity index (χ2v) is 6.12. The summed E-state index contributed by atoms with van der Waals surface area (Å²) in [6.07, 6.45) is 3.23. The van der Waals surface area contributed by atoms with Crippen molar-refractivity contribution in [2.24, 2.45) is 0 Å². The van der Waals surface area contributed by atoms with E-state index in [2.05, 4.69) is 10.00 Å². The molecule has 1 aliphatic heterocycles. The Balaban J connectivity index is 1.41. The molecule has 2 heterocycles. The van der Waals surface area contributed by atoms with Crippen LogP contribution in [0.15, 0.2) is 42.7 Å². The fourth-order valence-corrected chi connectivity index (χ4v) is 2.89. The van der Waals surface area contributed by atoms with E-state index in [1.807, 2.05) is 41.2 Å². The third kappa shape index (κ3) is 5.45. The summed E-state index contributed by atoms with van der Waals surface area (Å²) in [5.41, 5.74) is 0. The summed E-state index contributed by atoms with van der Waals surface area (Å²) in [6.45, 7) is 3.80. The molecule has 0 aliphatic carbocycles. The maximum Gasteiger partial charge on any atom is 0.119 e. The first-order valence-electron chi connectivity index (χ1n) is 8.49. The topological polar surface area (TPSA) is 69.0 Å². The van der Waals surface area contributed by atoms with E-state index in [0.717, 1.165) is 31.1 Å².